The Balaban J connectivity index is 1.66. The fraction of sp³-hybridized carbons (Fsp3) is 0.0370. The van der Waals surface area contributed by atoms with E-state index in [2.05, 4.69) is 4.98 Å². The van der Waals surface area contributed by atoms with Gasteiger partial charge in [0.15, 0.2) is 0 Å². The minimum absolute atomic E-state index is 0.0366. The summed E-state index contributed by atoms with van der Waals surface area (Å²) < 4.78 is 0. The molecule has 0 spiro atoms. The van der Waals surface area contributed by atoms with Crippen LogP contribution in [0.3, 0.4) is 0 Å². The Morgan fingerprint density at radius 1 is 0.857 bits per heavy atom. The van der Waals surface area contributed by atoms with Crippen molar-refractivity contribution >= 4 is 40.4 Å². The third-order valence-corrected chi connectivity index (χ3v) is 6.61. The van der Waals surface area contributed by atoms with E-state index in [1.165, 1.54) is 40.5 Å². The molecule has 0 radical (unpaired) electrons. The molecular formula is C27H18N2O5S. The van der Waals surface area contributed by atoms with Crippen LogP contribution in [0.5, 0.6) is 0 Å². The Bertz CT molecular complexity index is 1440. The maximum atomic E-state index is 13.2. The summed E-state index contributed by atoms with van der Waals surface area (Å²) in [6.07, 6.45) is 1.71. The fourth-order valence-corrected chi connectivity index (χ4v) is 4.75. The second-order valence-corrected chi connectivity index (χ2v) is 8.74. The molecule has 4 aromatic rings. The summed E-state index contributed by atoms with van der Waals surface area (Å²) in [5.74, 6) is -3.00. The number of thiazole rings is 1. The van der Waals surface area contributed by atoms with Crippen molar-refractivity contribution in [2.24, 2.45) is 0 Å². The summed E-state index contributed by atoms with van der Waals surface area (Å²) in [5.41, 5.74) is 2.28. The second-order valence-electron chi connectivity index (χ2n) is 7.85. The number of hydrogen-bond acceptors (Lipinski definition) is 6. The first-order valence-corrected chi connectivity index (χ1v) is 11.5. The van der Waals surface area contributed by atoms with E-state index in [4.69, 9.17) is 0 Å². The lowest BCUT2D eigenvalue weighted by Crippen LogP contribution is -2.29. The number of aliphatic hydroxyl groups excluding tert-OH is 1. The van der Waals surface area contributed by atoms with E-state index in [9.17, 15) is 24.6 Å². The van der Waals surface area contributed by atoms with Crippen LogP contribution in [0.1, 0.15) is 27.5 Å². The number of aromatic carboxylic acids is 1. The van der Waals surface area contributed by atoms with Crippen LogP contribution in [0.25, 0.3) is 16.3 Å². The molecule has 7 nitrogen and oxygen atoms in total. The van der Waals surface area contributed by atoms with Crippen LogP contribution in [-0.4, -0.2) is 32.9 Å². The smallest absolute Gasteiger partial charge is 0.335 e. The van der Waals surface area contributed by atoms with Gasteiger partial charge >= 0.3 is 5.97 Å². The molecule has 1 aliphatic rings. The number of rotatable bonds is 5. The first kappa shape index (κ1) is 22.2. The first-order valence-electron chi connectivity index (χ1n) is 10.7. The Morgan fingerprint density at radius 2 is 1.54 bits per heavy atom. The summed E-state index contributed by atoms with van der Waals surface area (Å²) in [6.45, 7) is 0. The van der Waals surface area contributed by atoms with Gasteiger partial charge < -0.3 is 10.2 Å². The number of ketones is 1. The average Bonchev–Trinajstić information content (AvgIpc) is 3.52. The van der Waals surface area contributed by atoms with Crippen molar-refractivity contribution in [3.8, 4) is 10.6 Å². The van der Waals surface area contributed by atoms with E-state index in [0.29, 0.717) is 16.8 Å². The number of benzene rings is 3. The third kappa shape index (κ3) is 4.00. The van der Waals surface area contributed by atoms with Crippen LogP contribution in [0.4, 0.5) is 5.69 Å². The molecule has 1 saturated heterocycles. The number of carbonyl (C=O) groups is 3. The SMILES string of the molecule is O=C1C(=O)N(c2ccc(C(=O)O)cc2)C(c2ccc(-c3nccs3)cc2)/C1=C(\O)c1ccccc1. The van der Waals surface area contributed by atoms with Crippen LogP contribution >= 0.6 is 11.3 Å². The van der Waals surface area contributed by atoms with Gasteiger partial charge in [-0.15, -0.1) is 11.3 Å². The van der Waals surface area contributed by atoms with Crippen LogP contribution in [0, 0.1) is 0 Å². The number of carboxylic acids is 1. The van der Waals surface area contributed by atoms with Crippen molar-refractivity contribution in [3.63, 3.8) is 0 Å². The number of anilines is 1. The number of aliphatic hydroxyl groups is 1. The van der Waals surface area contributed by atoms with Crippen LogP contribution < -0.4 is 4.90 Å². The number of hydrogen-bond donors (Lipinski definition) is 2. The van der Waals surface area contributed by atoms with Gasteiger partial charge in [-0.1, -0.05) is 54.6 Å². The summed E-state index contributed by atoms with van der Waals surface area (Å²) in [7, 11) is 0. The lowest BCUT2D eigenvalue weighted by Gasteiger charge is -2.25. The molecule has 1 atom stereocenters. The van der Waals surface area contributed by atoms with Gasteiger partial charge in [-0.2, -0.15) is 0 Å². The first-order chi connectivity index (χ1) is 17.0. The molecule has 1 aromatic heterocycles. The topological polar surface area (TPSA) is 108 Å². The molecule has 1 fully saturated rings. The number of Topliss-reactive ketones (excluding diaryl/α,β-unsaturated/α-hetero) is 1. The molecule has 0 saturated carbocycles. The van der Waals surface area contributed by atoms with Crippen molar-refractivity contribution < 1.29 is 24.6 Å². The predicted octanol–water partition coefficient (Wildman–Crippen LogP) is 5.13. The third-order valence-electron chi connectivity index (χ3n) is 5.79. The number of carbonyl (C=O) groups excluding carboxylic acids is 2. The highest BCUT2D eigenvalue weighted by molar-refractivity contribution is 7.13. The highest BCUT2D eigenvalue weighted by Gasteiger charge is 2.47. The predicted molar refractivity (Wildman–Crippen MR) is 132 cm³/mol. The normalized spacial score (nSPS) is 17.0. The Kier molecular flexibility index (Phi) is 5.72. The van der Waals surface area contributed by atoms with Gasteiger partial charge in [-0.25, -0.2) is 9.78 Å². The standard InChI is InChI=1S/C27H18N2O5S/c30-23(17-4-2-1-3-5-17)21-22(16-6-8-18(9-7-16)25-28-14-15-35-25)29(26(32)24(21)31)20-12-10-19(11-13-20)27(33)34/h1-15,22,30H,(H,33,34)/b23-21+. The minimum atomic E-state index is -1.10. The van der Waals surface area contributed by atoms with Gasteiger partial charge in [-0.3, -0.25) is 14.5 Å². The number of amides is 1. The van der Waals surface area contributed by atoms with E-state index in [-0.39, 0.29) is 16.9 Å². The molecule has 1 unspecified atom stereocenters. The van der Waals surface area contributed by atoms with Crippen molar-refractivity contribution in [3.05, 3.63) is 113 Å². The number of carboxylic acid groups (broad SMARTS) is 1. The molecule has 8 heteroatoms. The van der Waals surface area contributed by atoms with E-state index in [1.807, 2.05) is 17.5 Å². The van der Waals surface area contributed by atoms with E-state index < -0.39 is 23.7 Å². The molecule has 172 valence electrons. The molecule has 35 heavy (non-hydrogen) atoms. The van der Waals surface area contributed by atoms with Crippen LogP contribution in [-0.2, 0) is 9.59 Å². The molecule has 5 rings (SSSR count). The summed E-state index contributed by atoms with van der Waals surface area (Å²) in [4.78, 5) is 43.3. The maximum Gasteiger partial charge on any atom is 0.335 e. The van der Waals surface area contributed by atoms with Crippen molar-refractivity contribution in [1.82, 2.24) is 4.98 Å². The highest BCUT2D eigenvalue weighted by atomic mass is 32.1. The van der Waals surface area contributed by atoms with Crippen molar-refractivity contribution in [1.29, 1.82) is 0 Å². The molecular weight excluding hydrogens is 464 g/mol. The monoisotopic (exact) mass is 482 g/mol. The van der Waals surface area contributed by atoms with Gasteiger partial charge in [0, 0.05) is 28.4 Å². The lowest BCUT2D eigenvalue weighted by atomic mass is 9.94. The van der Waals surface area contributed by atoms with Gasteiger partial charge in [0.2, 0.25) is 0 Å². The van der Waals surface area contributed by atoms with Crippen molar-refractivity contribution in [2.45, 2.75) is 6.04 Å². The summed E-state index contributed by atoms with van der Waals surface area (Å²) >= 11 is 1.49. The molecule has 3 aromatic carbocycles. The zero-order valence-corrected chi connectivity index (χ0v) is 19.0. The van der Waals surface area contributed by atoms with Gasteiger partial charge in [0.05, 0.1) is 17.2 Å². The molecule has 1 aliphatic heterocycles. The van der Waals surface area contributed by atoms with Crippen molar-refractivity contribution in [2.75, 3.05) is 4.90 Å². The fourth-order valence-electron chi connectivity index (χ4n) is 4.10. The number of nitrogens with zero attached hydrogens (tertiary/aromatic N) is 2. The Morgan fingerprint density at radius 3 is 2.14 bits per heavy atom. The number of aromatic nitrogens is 1. The quantitative estimate of drug-likeness (QED) is 0.232. The molecule has 0 aliphatic carbocycles. The Labute approximate surface area is 204 Å². The molecule has 0 bridgehead atoms. The van der Waals surface area contributed by atoms with E-state index >= 15 is 0 Å². The lowest BCUT2D eigenvalue weighted by molar-refractivity contribution is -0.132. The van der Waals surface area contributed by atoms with Gasteiger partial charge in [-0.05, 0) is 29.8 Å². The van der Waals surface area contributed by atoms with Gasteiger partial charge in [0.1, 0.15) is 10.8 Å². The molecule has 1 amide bonds. The summed E-state index contributed by atoms with van der Waals surface area (Å²) in [5, 5.41) is 23.1. The summed E-state index contributed by atoms with van der Waals surface area (Å²) in [6, 6.07) is 20.7. The zero-order valence-electron chi connectivity index (χ0n) is 18.2. The zero-order chi connectivity index (χ0) is 24.5. The van der Waals surface area contributed by atoms with E-state index in [1.54, 1.807) is 48.7 Å². The molecule has 2 heterocycles. The Hall–Kier alpha value is -4.56. The molecule has 2 N–H and O–H groups in total. The van der Waals surface area contributed by atoms with Crippen LogP contribution in [0.15, 0.2) is 96.0 Å². The highest BCUT2D eigenvalue weighted by Crippen LogP contribution is 2.42. The average molecular weight is 483 g/mol. The second kappa shape index (κ2) is 9.00. The van der Waals surface area contributed by atoms with Crippen LogP contribution in [0.2, 0.25) is 0 Å². The minimum Gasteiger partial charge on any atom is -0.507 e. The largest absolute Gasteiger partial charge is 0.507 e. The van der Waals surface area contributed by atoms with Gasteiger partial charge in [0.25, 0.3) is 11.7 Å². The van der Waals surface area contributed by atoms with E-state index in [0.717, 1.165) is 10.6 Å². The maximum absolute atomic E-state index is 13.2.